The summed E-state index contributed by atoms with van der Waals surface area (Å²) in [6.07, 6.45) is 3.97. The van der Waals surface area contributed by atoms with E-state index in [2.05, 4.69) is 22.8 Å². The minimum absolute atomic E-state index is 0.337. The maximum atomic E-state index is 13.6. The van der Waals surface area contributed by atoms with E-state index >= 15 is 0 Å². The molecule has 2 atom stereocenters. The second-order valence-electron chi connectivity index (χ2n) is 8.97. The average molecular weight is 457 g/mol. The first-order valence-corrected chi connectivity index (χ1v) is 12.1. The van der Waals surface area contributed by atoms with Gasteiger partial charge < -0.3 is 29.6 Å². The molecule has 2 saturated heterocycles. The van der Waals surface area contributed by atoms with E-state index in [4.69, 9.17) is 18.9 Å². The van der Waals surface area contributed by atoms with Gasteiger partial charge in [0.2, 0.25) is 0 Å². The number of hydrogen-bond acceptors (Lipinski definition) is 6. The Kier molecular flexibility index (Phi) is 7.17. The lowest BCUT2D eigenvalue weighted by molar-refractivity contribution is 0.0730. The standard InChI is InChI=1S/C13H16FNO2.C13H17NO2/c14-11-8-15-5-3-12(11)17-10-2-1-9-4-6-16-13(9)7-10;1-2-12(9-13-10(1)5-8-15-13)16-11-3-6-14-7-4-11/h1-2,7,11-12,15H,3-6,8H2;1-2,9,11,14H,3-8H2. The molecule has 33 heavy (non-hydrogen) atoms. The zero-order valence-electron chi connectivity index (χ0n) is 19.0. The summed E-state index contributed by atoms with van der Waals surface area (Å²) in [4.78, 5) is 0. The Bertz CT molecular complexity index is 935. The predicted molar refractivity (Wildman–Crippen MR) is 125 cm³/mol. The minimum Gasteiger partial charge on any atom is -0.493 e. The van der Waals surface area contributed by atoms with Crippen molar-refractivity contribution in [2.24, 2.45) is 0 Å². The molecule has 4 heterocycles. The van der Waals surface area contributed by atoms with Crippen molar-refractivity contribution in [1.29, 1.82) is 0 Å². The Morgan fingerprint density at radius 1 is 0.758 bits per heavy atom. The van der Waals surface area contributed by atoms with Crippen molar-refractivity contribution in [3.63, 3.8) is 0 Å². The van der Waals surface area contributed by atoms with E-state index in [1.54, 1.807) is 0 Å². The third-order valence-corrected chi connectivity index (χ3v) is 6.56. The molecule has 6 rings (SSSR count). The van der Waals surface area contributed by atoms with E-state index in [9.17, 15) is 4.39 Å². The second-order valence-corrected chi connectivity index (χ2v) is 8.97. The van der Waals surface area contributed by atoms with Crippen molar-refractivity contribution in [3.8, 4) is 23.0 Å². The van der Waals surface area contributed by atoms with Gasteiger partial charge in [0.05, 0.1) is 13.2 Å². The molecule has 0 saturated carbocycles. The molecule has 2 fully saturated rings. The lowest BCUT2D eigenvalue weighted by Crippen LogP contribution is -2.44. The fourth-order valence-electron chi connectivity index (χ4n) is 4.65. The first-order valence-electron chi connectivity index (χ1n) is 12.1. The molecular formula is C26H33FN2O4. The van der Waals surface area contributed by atoms with Gasteiger partial charge in [-0.15, -0.1) is 0 Å². The van der Waals surface area contributed by atoms with E-state index in [0.717, 1.165) is 75.8 Å². The van der Waals surface area contributed by atoms with Gasteiger partial charge in [-0.05, 0) is 62.2 Å². The molecule has 2 unspecified atom stereocenters. The number of benzene rings is 2. The van der Waals surface area contributed by atoms with E-state index in [1.165, 1.54) is 11.1 Å². The van der Waals surface area contributed by atoms with E-state index in [1.807, 2.05) is 24.3 Å². The van der Waals surface area contributed by atoms with Crippen LogP contribution in [0.5, 0.6) is 23.0 Å². The van der Waals surface area contributed by atoms with Gasteiger partial charge in [0, 0.05) is 31.5 Å². The van der Waals surface area contributed by atoms with Crippen LogP contribution in [-0.4, -0.2) is 57.8 Å². The normalized spacial score (nSPS) is 23.9. The van der Waals surface area contributed by atoms with Crippen molar-refractivity contribution in [3.05, 3.63) is 47.5 Å². The molecule has 178 valence electrons. The Hall–Kier alpha value is -2.51. The molecule has 0 bridgehead atoms. The van der Waals surface area contributed by atoms with Gasteiger partial charge in [-0.1, -0.05) is 12.1 Å². The van der Waals surface area contributed by atoms with E-state index in [-0.39, 0.29) is 6.10 Å². The minimum atomic E-state index is -0.932. The summed E-state index contributed by atoms with van der Waals surface area (Å²) in [5.41, 5.74) is 2.51. The quantitative estimate of drug-likeness (QED) is 0.735. The Morgan fingerprint density at radius 2 is 1.36 bits per heavy atom. The molecular weight excluding hydrogens is 423 g/mol. The van der Waals surface area contributed by atoms with Crippen LogP contribution in [0.15, 0.2) is 36.4 Å². The summed E-state index contributed by atoms with van der Waals surface area (Å²) >= 11 is 0. The second kappa shape index (κ2) is 10.6. The first kappa shape index (κ1) is 22.3. The number of hydrogen-bond donors (Lipinski definition) is 2. The molecule has 2 aromatic carbocycles. The fourth-order valence-corrected chi connectivity index (χ4v) is 4.65. The molecule has 0 aromatic heterocycles. The van der Waals surface area contributed by atoms with Crippen molar-refractivity contribution in [2.45, 2.75) is 50.5 Å². The van der Waals surface area contributed by atoms with Crippen molar-refractivity contribution < 1.29 is 23.3 Å². The molecule has 2 aromatic rings. The summed E-state index contributed by atoms with van der Waals surface area (Å²) < 4.78 is 36.3. The summed E-state index contributed by atoms with van der Waals surface area (Å²) in [6.45, 7) is 4.86. The first-order chi connectivity index (χ1) is 16.2. The predicted octanol–water partition coefficient (Wildman–Crippen LogP) is 3.45. The summed E-state index contributed by atoms with van der Waals surface area (Å²) in [5.74, 6) is 3.55. The van der Waals surface area contributed by atoms with Crippen LogP contribution in [0.4, 0.5) is 4.39 Å². The smallest absolute Gasteiger partial charge is 0.149 e. The lowest BCUT2D eigenvalue weighted by Gasteiger charge is -2.27. The van der Waals surface area contributed by atoms with Crippen LogP contribution in [0.25, 0.3) is 0 Å². The molecule has 2 N–H and O–H groups in total. The number of halogens is 1. The molecule has 0 radical (unpaired) electrons. The maximum Gasteiger partial charge on any atom is 0.149 e. The molecule has 7 heteroatoms. The fraction of sp³-hybridized carbons (Fsp3) is 0.538. The summed E-state index contributed by atoms with van der Waals surface area (Å²) in [7, 11) is 0. The molecule has 4 aliphatic rings. The molecule has 0 spiro atoms. The van der Waals surface area contributed by atoms with Gasteiger partial charge in [-0.3, -0.25) is 0 Å². The number of nitrogens with one attached hydrogen (secondary N) is 2. The zero-order valence-corrected chi connectivity index (χ0v) is 19.0. The van der Waals surface area contributed by atoms with E-state index < -0.39 is 6.17 Å². The lowest BCUT2D eigenvalue weighted by atomic mass is 10.1. The van der Waals surface area contributed by atoms with Gasteiger partial charge in [0.1, 0.15) is 41.4 Å². The Balaban J connectivity index is 0.000000139. The monoisotopic (exact) mass is 456 g/mol. The highest BCUT2D eigenvalue weighted by molar-refractivity contribution is 5.43. The summed E-state index contributed by atoms with van der Waals surface area (Å²) in [5, 5.41) is 6.35. The highest BCUT2D eigenvalue weighted by Crippen LogP contribution is 2.31. The van der Waals surface area contributed by atoms with Gasteiger partial charge >= 0.3 is 0 Å². The average Bonchev–Trinajstić information content (AvgIpc) is 3.50. The molecule has 4 aliphatic heterocycles. The van der Waals surface area contributed by atoms with Crippen LogP contribution in [0.1, 0.15) is 30.4 Å². The van der Waals surface area contributed by atoms with Crippen LogP contribution >= 0.6 is 0 Å². The molecule has 0 amide bonds. The number of alkyl halides is 1. The topological polar surface area (TPSA) is 61.0 Å². The highest BCUT2D eigenvalue weighted by atomic mass is 19.1. The number of piperidine rings is 2. The number of rotatable bonds is 4. The van der Waals surface area contributed by atoms with Crippen molar-refractivity contribution in [1.82, 2.24) is 10.6 Å². The van der Waals surface area contributed by atoms with Gasteiger partial charge in [0.25, 0.3) is 0 Å². The van der Waals surface area contributed by atoms with Gasteiger partial charge in [0.15, 0.2) is 0 Å². The van der Waals surface area contributed by atoms with Crippen LogP contribution in [0, 0.1) is 0 Å². The third-order valence-electron chi connectivity index (χ3n) is 6.56. The highest BCUT2D eigenvalue weighted by Gasteiger charge is 2.26. The van der Waals surface area contributed by atoms with Crippen LogP contribution in [-0.2, 0) is 12.8 Å². The Labute approximate surface area is 194 Å². The largest absolute Gasteiger partial charge is 0.493 e. The molecule has 0 aliphatic carbocycles. The van der Waals surface area contributed by atoms with Crippen LogP contribution < -0.4 is 29.6 Å². The SMILES string of the molecule is FC1CNCCC1Oc1ccc2c(c1)OCC2.c1cc2c(cc1OC1CCNCC1)OCC2. The van der Waals surface area contributed by atoms with Crippen molar-refractivity contribution in [2.75, 3.05) is 39.4 Å². The van der Waals surface area contributed by atoms with Gasteiger partial charge in [-0.2, -0.15) is 0 Å². The molecule has 6 nitrogen and oxygen atoms in total. The number of fused-ring (bicyclic) bond motifs is 2. The number of ether oxygens (including phenoxy) is 4. The van der Waals surface area contributed by atoms with Gasteiger partial charge in [-0.25, -0.2) is 4.39 Å². The van der Waals surface area contributed by atoms with Crippen molar-refractivity contribution >= 4 is 0 Å². The van der Waals surface area contributed by atoms with E-state index in [0.29, 0.717) is 24.8 Å². The zero-order chi connectivity index (χ0) is 22.5. The third kappa shape index (κ3) is 5.71. The maximum absolute atomic E-state index is 13.6. The van der Waals surface area contributed by atoms with Crippen LogP contribution in [0.3, 0.4) is 0 Å². The van der Waals surface area contributed by atoms with Crippen LogP contribution in [0.2, 0.25) is 0 Å². The Morgan fingerprint density at radius 3 is 2.00 bits per heavy atom. The summed E-state index contributed by atoms with van der Waals surface area (Å²) in [6, 6.07) is 12.0.